The van der Waals surface area contributed by atoms with Crippen molar-refractivity contribution in [3.63, 3.8) is 0 Å². The van der Waals surface area contributed by atoms with Gasteiger partial charge in [0.1, 0.15) is 11.9 Å². The lowest BCUT2D eigenvalue weighted by Crippen LogP contribution is -2.28. The minimum atomic E-state index is -0.0721. The van der Waals surface area contributed by atoms with Gasteiger partial charge in [0.05, 0.1) is 23.5 Å². The van der Waals surface area contributed by atoms with Gasteiger partial charge in [-0.1, -0.05) is 18.5 Å². The van der Waals surface area contributed by atoms with E-state index in [1.807, 2.05) is 25.0 Å². The van der Waals surface area contributed by atoms with Crippen LogP contribution in [0, 0.1) is 0 Å². The Balaban J connectivity index is 2.28. The topological polar surface area (TPSA) is 61.8 Å². The summed E-state index contributed by atoms with van der Waals surface area (Å²) in [6.07, 6.45) is 6.32. The van der Waals surface area contributed by atoms with E-state index in [0.29, 0.717) is 5.02 Å². The van der Waals surface area contributed by atoms with E-state index in [1.165, 1.54) is 0 Å². The maximum Gasteiger partial charge on any atom is 0.129 e. The zero-order valence-electron chi connectivity index (χ0n) is 12.8. The molecule has 2 N–H and O–H groups in total. The van der Waals surface area contributed by atoms with Gasteiger partial charge in [0.2, 0.25) is 0 Å². The molecular weight excluding hydrogens is 288 g/mol. The zero-order chi connectivity index (χ0) is 15.2. The molecule has 2 rings (SSSR count). The van der Waals surface area contributed by atoms with E-state index in [9.17, 15) is 0 Å². The Morgan fingerprint density at radius 3 is 2.90 bits per heavy atom. The summed E-state index contributed by atoms with van der Waals surface area (Å²) in [5, 5.41) is 8.56. The highest BCUT2D eigenvalue weighted by molar-refractivity contribution is 6.31. The van der Waals surface area contributed by atoms with Gasteiger partial charge < -0.3 is 15.2 Å². The normalized spacial score (nSPS) is 13.0. The highest BCUT2D eigenvalue weighted by Crippen LogP contribution is 2.26. The molecule has 0 aliphatic heterocycles. The van der Waals surface area contributed by atoms with Crippen LogP contribution in [-0.4, -0.2) is 51.8 Å². The molecule has 0 saturated heterocycles. The molecule has 0 saturated carbocycles. The summed E-state index contributed by atoms with van der Waals surface area (Å²) in [4.78, 5) is 9.67. The fourth-order valence-electron chi connectivity index (χ4n) is 2.18. The molecule has 7 heteroatoms. The number of rotatable bonds is 8. The van der Waals surface area contributed by atoms with Gasteiger partial charge in [-0.2, -0.15) is 5.10 Å². The van der Waals surface area contributed by atoms with Crippen molar-refractivity contribution in [3.8, 4) is 0 Å². The van der Waals surface area contributed by atoms with Crippen LogP contribution < -0.4 is 5.32 Å². The van der Waals surface area contributed by atoms with Crippen molar-refractivity contribution in [2.45, 2.75) is 25.9 Å². The summed E-state index contributed by atoms with van der Waals surface area (Å²) >= 11 is 6.37. The molecule has 0 aliphatic rings. The second kappa shape index (κ2) is 7.59. The van der Waals surface area contributed by atoms with Gasteiger partial charge >= 0.3 is 0 Å². The summed E-state index contributed by atoms with van der Waals surface area (Å²) < 4.78 is 1.96. The van der Waals surface area contributed by atoms with Gasteiger partial charge in [0.25, 0.3) is 0 Å². The van der Waals surface area contributed by atoms with Crippen molar-refractivity contribution in [1.29, 1.82) is 0 Å². The molecule has 6 nitrogen and oxygen atoms in total. The van der Waals surface area contributed by atoms with Crippen molar-refractivity contribution in [2.75, 3.05) is 27.2 Å². The molecule has 2 heterocycles. The first-order valence-electron chi connectivity index (χ1n) is 7.22. The Kier molecular flexibility index (Phi) is 5.78. The number of likely N-dealkylation sites (N-methyl/N-ethyl adjacent to an activating group) is 1. The number of hydrogen-bond acceptors (Lipinski definition) is 4. The maximum atomic E-state index is 6.37. The highest BCUT2D eigenvalue weighted by atomic mass is 35.5. The van der Waals surface area contributed by atoms with E-state index in [1.54, 1.807) is 12.4 Å². The Morgan fingerprint density at radius 2 is 2.29 bits per heavy atom. The predicted molar refractivity (Wildman–Crippen MR) is 84.5 cm³/mol. The fraction of sp³-hybridized carbons (Fsp3) is 0.571. The highest BCUT2D eigenvalue weighted by Gasteiger charge is 2.23. The molecule has 0 bridgehead atoms. The van der Waals surface area contributed by atoms with Gasteiger partial charge in [0.15, 0.2) is 0 Å². The Bertz CT molecular complexity index is 534. The van der Waals surface area contributed by atoms with E-state index in [2.05, 4.69) is 32.2 Å². The Labute approximate surface area is 130 Å². The number of imidazole rings is 1. The lowest BCUT2D eigenvalue weighted by molar-refractivity contribution is 0.364. The first-order chi connectivity index (χ1) is 10.1. The molecule has 0 aromatic carbocycles. The molecule has 0 amide bonds. The van der Waals surface area contributed by atoms with Crippen LogP contribution >= 0.6 is 11.6 Å². The van der Waals surface area contributed by atoms with Crippen LogP contribution in [0.4, 0.5) is 0 Å². The third kappa shape index (κ3) is 4.06. The Hall–Kier alpha value is -1.37. The SMILES string of the molecule is CCCNC(c1ncc[nH]1)c1c(Cl)cnn1CCN(C)C. The number of aromatic amines is 1. The molecule has 21 heavy (non-hydrogen) atoms. The quantitative estimate of drug-likeness (QED) is 0.782. The molecule has 0 radical (unpaired) electrons. The first-order valence-corrected chi connectivity index (χ1v) is 7.59. The van der Waals surface area contributed by atoms with Crippen molar-refractivity contribution < 1.29 is 0 Å². The number of aromatic nitrogens is 4. The predicted octanol–water partition coefficient (Wildman–Crippen LogP) is 1.91. The van der Waals surface area contributed by atoms with E-state index in [0.717, 1.165) is 37.6 Å². The minimum Gasteiger partial charge on any atom is -0.347 e. The molecule has 1 atom stereocenters. The second-order valence-electron chi connectivity index (χ2n) is 5.27. The van der Waals surface area contributed by atoms with Crippen molar-refractivity contribution >= 4 is 11.6 Å². The van der Waals surface area contributed by atoms with Gasteiger partial charge in [-0.3, -0.25) is 4.68 Å². The largest absolute Gasteiger partial charge is 0.347 e. The molecule has 116 valence electrons. The van der Waals surface area contributed by atoms with E-state index in [-0.39, 0.29) is 6.04 Å². The van der Waals surface area contributed by atoms with Crippen LogP contribution in [0.3, 0.4) is 0 Å². The average Bonchev–Trinajstić information content (AvgIpc) is 3.09. The molecule has 0 fully saturated rings. The summed E-state index contributed by atoms with van der Waals surface area (Å²) in [5.74, 6) is 0.858. The number of nitrogens with zero attached hydrogens (tertiary/aromatic N) is 4. The van der Waals surface area contributed by atoms with Crippen LogP contribution in [-0.2, 0) is 6.54 Å². The van der Waals surface area contributed by atoms with Gasteiger partial charge in [-0.25, -0.2) is 4.98 Å². The number of hydrogen-bond donors (Lipinski definition) is 2. The third-order valence-electron chi connectivity index (χ3n) is 3.26. The lowest BCUT2D eigenvalue weighted by Gasteiger charge is -2.19. The molecule has 2 aromatic heterocycles. The summed E-state index contributed by atoms with van der Waals surface area (Å²) in [6, 6.07) is -0.0721. The van der Waals surface area contributed by atoms with Gasteiger partial charge in [0, 0.05) is 18.9 Å². The standard InChI is InChI=1S/C14H23ClN6/c1-4-5-16-12(14-17-6-7-18-14)13-11(15)10-19-21(13)9-8-20(2)3/h6-7,10,12,16H,4-5,8-9H2,1-3H3,(H,17,18). The van der Waals surface area contributed by atoms with Crippen molar-refractivity contribution in [2.24, 2.45) is 0 Å². The molecule has 0 spiro atoms. The monoisotopic (exact) mass is 310 g/mol. The average molecular weight is 311 g/mol. The van der Waals surface area contributed by atoms with Crippen LogP contribution in [0.15, 0.2) is 18.6 Å². The summed E-state index contributed by atoms with van der Waals surface area (Å²) in [5.41, 5.74) is 0.960. The zero-order valence-corrected chi connectivity index (χ0v) is 13.6. The van der Waals surface area contributed by atoms with Crippen molar-refractivity contribution in [3.05, 3.63) is 35.1 Å². The third-order valence-corrected chi connectivity index (χ3v) is 3.55. The van der Waals surface area contributed by atoms with E-state index in [4.69, 9.17) is 11.6 Å². The summed E-state index contributed by atoms with van der Waals surface area (Å²) in [6.45, 7) is 4.72. The maximum absolute atomic E-state index is 6.37. The van der Waals surface area contributed by atoms with Crippen LogP contribution in [0.5, 0.6) is 0 Å². The molecule has 0 aliphatic carbocycles. The number of nitrogens with one attached hydrogen (secondary N) is 2. The van der Waals surface area contributed by atoms with Crippen LogP contribution in [0.1, 0.15) is 30.9 Å². The first kappa shape index (κ1) is 16.0. The van der Waals surface area contributed by atoms with Gasteiger partial charge in [-0.05, 0) is 27.1 Å². The van der Waals surface area contributed by atoms with Crippen LogP contribution in [0.2, 0.25) is 5.02 Å². The van der Waals surface area contributed by atoms with Gasteiger partial charge in [-0.15, -0.1) is 0 Å². The van der Waals surface area contributed by atoms with Crippen molar-refractivity contribution in [1.82, 2.24) is 30.0 Å². The lowest BCUT2D eigenvalue weighted by atomic mass is 10.2. The second-order valence-corrected chi connectivity index (χ2v) is 5.67. The Morgan fingerprint density at radius 1 is 1.48 bits per heavy atom. The number of halogens is 1. The smallest absolute Gasteiger partial charge is 0.129 e. The summed E-state index contributed by atoms with van der Waals surface area (Å²) in [7, 11) is 4.09. The van der Waals surface area contributed by atoms with E-state index < -0.39 is 0 Å². The molecule has 1 unspecified atom stereocenters. The fourth-order valence-corrected chi connectivity index (χ4v) is 2.43. The van der Waals surface area contributed by atoms with Crippen LogP contribution in [0.25, 0.3) is 0 Å². The molecule has 2 aromatic rings. The number of H-pyrrole nitrogens is 1. The van der Waals surface area contributed by atoms with E-state index >= 15 is 0 Å². The molecular formula is C14H23ClN6. The minimum absolute atomic E-state index is 0.0721.